The summed E-state index contributed by atoms with van der Waals surface area (Å²) in [6.07, 6.45) is 2.95. The number of aromatic amines is 1. The Bertz CT molecular complexity index is 142. The Morgan fingerprint density at radius 3 is 2.43 bits per heavy atom. The van der Waals surface area contributed by atoms with Gasteiger partial charge in [-0.15, -0.1) is 0 Å². The van der Waals surface area contributed by atoms with Gasteiger partial charge in [0.15, 0.2) is 5.75 Å². The molecule has 0 bridgehead atoms. The summed E-state index contributed by atoms with van der Waals surface area (Å²) < 4.78 is 0. The normalized spacial score (nSPS) is 9.14. The van der Waals surface area contributed by atoms with Gasteiger partial charge in [-0.25, -0.2) is 0 Å². The Kier molecular flexibility index (Phi) is 0.685. The fourth-order valence-electron chi connectivity index (χ4n) is 0.368. The summed E-state index contributed by atoms with van der Waals surface area (Å²) in [5.74, 6) is 0.111. The van der Waals surface area contributed by atoms with E-state index in [1.54, 1.807) is 0 Å². The van der Waals surface area contributed by atoms with E-state index in [9.17, 15) is 0 Å². The molecule has 0 aliphatic carbocycles. The number of hydrogen-bond acceptors (Lipinski definition) is 2. The van der Waals surface area contributed by atoms with Crippen LogP contribution in [0, 0.1) is 0 Å². The van der Waals surface area contributed by atoms with Crippen LogP contribution in [0.4, 0.5) is 5.69 Å². The van der Waals surface area contributed by atoms with Gasteiger partial charge in [-0.2, -0.15) is 0 Å². The molecule has 1 aromatic heterocycles. The highest BCUT2D eigenvalue weighted by Crippen LogP contribution is 2.15. The van der Waals surface area contributed by atoms with Gasteiger partial charge >= 0.3 is 0 Å². The number of nitrogens with two attached hydrogens (primary N) is 1. The topological polar surface area (TPSA) is 62.0 Å². The minimum Gasteiger partial charge on any atom is -0.504 e. The summed E-state index contributed by atoms with van der Waals surface area (Å²) in [6.45, 7) is 0. The molecule has 0 unspecified atom stereocenters. The van der Waals surface area contributed by atoms with Crippen LogP contribution < -0.4 is 5.73 Å². The average Bonchev–Trinajstić information content (AvgIpc) is 1.91. The molecule has 7 heavy (non-hydrogen) atoms. The largest absolute Gasteiger partial charge is 0.504 e. The van der Waals surface area contributed by atoms with Gasteiger partial charge in [-0.1, -0.05) is 0 Å². The Balaban J connectivity index is 3.12. The lowest BCUT2D eigenvalue weighted by atomic mass is 10.5. The highest BCUT2D eigenvalue weighted by atomic mass is 16.3. The second-order valence-electron chi connectivity index (χ2n) is 1.30. The maximum atomic E-state index is 8.60. The molecule has 0 fully saturated rings. The first-order valence-electron chi connectivity index (χ1n) is 1.92. The third kappa shape index (κ3) is 0.513. The number of aromatic hydroxyl groups is 1. The summed E-state index contributed by atoms with van der Waals surface area (Å²) in [7, 11) is 0. The zero-order valence-corrected chi connectivity index (χ0v) is 3.68. The van der Waals surface area contributed by atoms with Crippen LogP contribution in [0.5, 0.6) is 5.75 Å². The summed E-state index contributed by atoms with van der Waals surface area (Å²) in [5, 5.41) is 8.60. The van der Waals surface area contributed by atoms with E-state index >= 15 is 0 Å². The predicted octanol–water partition coefficient (Wildman–Crippen LogP) is 0.303. The van der Waals surface area contributed by atoms with E-state index in [0.717, 1.165) is 0 Å². The first kappa shape index (κ1) is 4.05. The van der Waals surface area contributed by atoms with E-state index in [1.807, 2.05) is 0 Å². The smallest absolute Gasteiger partial charge is 0.156 e. The molecule has 4 N–H and O–H groups in total. The van der Waals surface area contributed by atoms with E-state index in [1.165, 1.54) is 12.4 Å². The van der Waals surface area contributed by atoms with Crippen molar-refractivity contribution in [2.75, 3.05) is 5.73 Å². The molecule has 0 atom stereocenters. The van der Waals surface area contributed by atoms with Crippen molar-refractivity contribution in [2.24, 2.45) is 0 Å². The average molecular weight is 98.1 g/mol. The van der Waals surface area contributed by atoms with Crippen LogP contribution in [0.25, 0.3) is 0 Å². The van der Waals surface area contributed by atoms with Crippen LogP contribution in [-0.2, 0) is 0 Å². The molecular weight excluding hydrogens is 92.1 g/mol. The number of H-pyrrole nitrogens is 1. The fourth-order valence-corrected chi connectivity index (χ4v) is 0.368. The highest BCUT2D eigenvalue weighted by Gasteiger charge is 1.90. The standard InChI is InChI=1S/C4H6N2O/c5-3-1-6-2-4(3)7/h1-2,6-7H,5H2. The Morgan fingerprint density at radius 2 is 2.29 bits per heavy atom. The van der Waals surface area contributed by atoms with Crippen molar-refractivity contribution in [1.29, 1.82) is 0 Å². The monoisotopic (exact) mass is 98.0 g/mol. The van der Waals surface area contributed by atoms with Crippen molar-refractivity contribution >= 4 is 5.69 Å². The molecule has 0 saturated heterocycles. The highest BCUT2D eigenvalue weighted by molar-refractivity contribution is 5.48. The van der Waals surface area contributed by atoms with Crippen molar-refractivity contribution in [2.45, 2.75) is 0 Å². The molecule has 3 heteroatoms. The van der Waals surface area contributed by atoms with Gasteiger partial charge in [0.05, 0.1) is 5.69 Å². The maximum Gasteiger partial charge on any atom is 0.156 e. The third-order valence-electron chi connectivity index (χ3n) is 0.755. The Hall–Kier alpha value is -1.12. The zero-order valence-electron chi connectivity index (χ0n) is 3.68. The van der Waals surface area contributed by atoms with Crippen molar-refractivity contribution in [1.82, 2.24) is 4.98 Å². The number of rotatable bonds is 0. The number of anilines is 1. The van der Waals surface area contributed by atoms with E-state index in [4.69, 9.17) is 10.8 Å². The molecule has 1 heterocycles. The summed E-state index contributed by atoms with van der Waals surface area (Å²) in [4.78, 5) is 2.62. The van der Waals surface area contributed by atoms with E-state index in [-0.39, 0.29) is 5.75 Å². The SMILES string of the molecule is Nc1c[nH]cc1O. The lowest BCUT2D eigenvalue weighted by Gasteiger charge is -1.80. The lowest BCUT2D eigenvalue weighted by Crippen LogP contribution is -1.77. The minimum atomic E-state index is 0.111. The fraction of sp³-hybridized carbons (Fsp3) is 0. The number of aromatic nitrogens is 1. The van der Waals surface area contributed by atoms with Crippen LogP contribution in [0.15, 0.2) is 12.4 Å². The summed E-state index contributed by atoms with van der Waals surface area (Å²) >= 11 is 0. The number of hydrogen-bond donors (Lipinski definition) is 3. The molecule has 0 radical (unpaired) electrons. The van der Waals surface area contributed by atoms with E-state index < -0.39 is 0 Å². The van der Waals surface area contributed by atoms with Crippen LogP contribution >= 0.6 is 0 Å². The van der Waals surface area contributed by atoms with E-state index in [0.29, 0.717) is 5.69 Å². The Labute approximate surface area is 40.8 Å². The van der Waals surface area contributed by atoms with Gasteiger partial charge in [-0.3, -0.25) is 0 Å². The quantitative estimate of drug-likeness (QED) is 0.437. The summed E-state index contributed by atoms with van der Waals surface area (Å²) in [5.41, 5.74) is 5.55. The zero-order chi connectivity index (χ0) is 5.28. The predicted molar refractivity (Wildman–Crippen MR) is 26.9 cm³/mol. The van der Waals surface area contributed by atoms with Crippen molar-refractivity contribution in [3.8, 4) is 5.75 Å². The molecule has 3 nitrogen and oxygen atoms in total. The second-order valence-corrected chi connectivity index (χ2v) is 1.30. The van der Waals surface area contributed by atoms with Gasteiger partial charge in [0, 0.05) is 12.4 Å². The van der Waals surface area contributed by atoms with Crippen LogP contribution in [-0.4, -0.2) is 10.1 Å². The van der Waals surface area contributed by atoms with E-state index in [2.05, 4.69) is 4.98 Å². The maximum absolute atomic E-state index is 8.60. The molecule has 0 spiro atoms. The van der Waals surface area contributed by atoms with Crippen molar-refractivity contribution < 1.29 is 5.11 Å². The first-order valence-corrected chi connectivity index (χ1v) is 1.92. The molecular formula is C4H6N2O. The second kappa shape index (κ2) is 1.18. The van der Waals surface area contributed by atoms with Gasteiger partial charge in [0.25, 0.3) is 0 Å². The van der Waals surface area contributed by atoms with Gasteiger partial charge < -0.3 is 15.8 Å². The minimum absolute atomic E-state index is 0.111. The molecule has 38 valence electrons. The Morgan fingerprint density at radius 1 is 1.57 bits per heavy atom. The van der Waals surface area contributed by atoms with Gasteiger partial charge in [0.1, 0.15) is 0 Å². The molecule has 1 aromatic rings. The molecule has 0 aliphatic heterocycles. The summed E-state index contributed by atoms with van der Waals surface area (Å²) in [6, 6.07) is 0. The molecule has 1 rings (SSSR count). The van der Waals surface area contributed by atoms with Crippen molar-refractivity contribution in [3.63, 3.8) is 0 Å². The third-order valence-corrected chi connectivity index (χ3v) is 0.755. The number of nitrogens with one attached hydrogen (secondary N) is 1. The number of nitrogen functional groups attached to an aromatic ring is 1. The van der Waals surface area contributed by atoms with Gasteiger partial charge in [0.2, 0.25) is 0 Å². The van der Waals surface area contributed by atoms with Crippen LogP contribution in [0.2, 0.25) is 0 Å². The first-order chi connectivity index (χ1) is 3.30. The lowest BCUT2D eigenvalue weighted by molar-refractivity contribution is 0.478. The molecule has 0 saturated carbocycles. The van der Waals surface area contributed by atoms with Crippen LogP contribution in [0.1, 0.15) is 0 Å². The van der Waals surface area contributed by atoms with Gasteiger partial charge in [-0.05, 0) is 0 Å². The molecule has 0 aliphatic rings. The van der Waals surface area contributed by atoms with Crippen LogP contribution in [0.3, 0.4) is 0 Å². The molecule has 0 amide bonds. The molecule has 0 aromatic carbocycles. The van der Waals surface area contributed by atoms with Crippen molar-refractivity contribution in [3.05, 3.63) is 12.4 Å².